The lowest BCUT2D eigenvalue weighted by molar-refractivity contribution is 0.0693. The van der Waals surface area contributed by atoms with Crippen molar-refractivity contribution in [1.82, 2.24) is 9.62 Å². The van der Waals surface area contributed by atoms with Crippen molar-refractivity contribution in [1.29, 1.82) is 0 Å². The van der Waals surface area contributed by atoms with Gasteiger partial charge in [-0.15, -0.1) is 0 Å². The largest absolute Gasteiger partial charge is 0.496 e. The number of nitrogens with one attached hydrogen (secondary N) is 1. The molecule has 112 valence electrons. The summed E-state index contributed by atoms with van der Waals surface area (Å²) in [6.45, 7) is 0.783. The van der Waals surface area contributed by atoms with Crippen molar-refractivity contribution in [3.8, 4) is 5.75 Å². The van der Waals surface area contributed by atoms with Crippen LogP contribution in [0.2, 0.25) is 0 Å². The van der Waals surface area contributed by atoms with Gasteiger partial charge in [0.25, 0.3) is 0 Å². The number of hydrogen-bond acceptors (Lipinski definition) is 5. The molecule has 0 radical (unpaired) electrons. The van der Waals surface area contributed by atoms with Crippen LogP contribution in [-0.4, -0.2) is 58.1 Å². The number of benzene rings is 1. The Morgan fingerprint density at radius 3 is 2.60 bits per heavy atom. The summed E-state index contributed by atoms with van der Waals surface area (Å²) >= 11 is 0. The minimum Gasteiger partial charge on any atom is -0.496 e. The number of rotatable bonds is 7. The molecule has 1 aromatic rings. The lowest BCUT2D eigenvalue weighted by atomic mass is 10.2. The maximum Gasteiger partial charge on any atom is 0.339 e. The van der Waals surface area contributed by atoms with E-state index in [9.17, 15) is 13.2 Å². The maximum atomic E-state index is 12.3. The predicted molar refractivity (Wildman–Crippen MR) is 73.7 cm³/mol. The summed E-state index contributed by atoms with van der Waals surface area (Å²) in [5, 5.41) is 11.9. The first-order valence-electron chi connectivity index (χ1n) is 5.87. The van der Waals surface area contributed by atoms with Crippen molar-refractivity contribution < 1.29 is 23.1 Å². The van der Waals surface area contributed by atoms with E-state index in [1.165, 1.54) is 26.3 Å². The molecule has 1 rings (SSSR count). The SMILES string of the molecule is CNCCN(C)S(=O)(=O)c1ccc(OC)c(C(=O)O)c1. The van der Waals surface area contributed by atoms with Crippen molar-refractivity contribution in [3.63, 3.8) is 0 Å². The third-order valence-corrected chi connectivity index (χ3v) is 4.64. The van der Waals surface area contributed by atoms with Crippen LogP contribution in [-0.2, 0) is 10.0 Å². The van der Waals surface area contributed by atoms with Gasteiger partial charge in [0, 0.05) is 20.1 Å². The molecule has 0 aliphatic carbocycles. The number of likely N-dealkylation sites (N-methyl/N-ethyl adjacent to an activating group) is 2. The molecule has 7 nitrogen and oxygen atoms in total. The molecule has 0 amide bonds. The third kappa shape index (κ3) is 3.47. The quantitative estimate of drug-likeness (QED) is 0.749. The van der Waals surface area contributed by atoms with Gasteiger partial charge >= 0.3 is 5.97 Å². The molecule has 1 aromatic carbocycles. The van der Waals surface area contributed by atoms with Crippen LogP contribution in [0.5, 0.6) is 5.75 Å². The average molecular weight is 302 g/mol. The number of sulfonamides is 1. The summed E-state index contributed by atoms with van der Waals surface area (Å²) in [5.41, 5.74) is -0.185. The van der Waals surface area contributed by atoms with E-state index in [4.69, 9.17) is 9.84 Å². The van der Waals surface area contributed by atoms with E-state index in [1.807, 2.05) is 0 Å². The predicted octanol–water partition coefficient (Wildman–Crippen LogP) is 0.233. The minimum absolute atomic E-state index is 0.0747. The standard InChI is InChI=1S/C12H18N2O5S/c1-13-6-7-14(2)20(17,18)9-4-5-11(19-3)10(8-9)12(15)16/h4-5,8,13H,6-7H2,1-3H3,(H,15,16). The smallest absolute Gasteiger partial charge is 0.339 e. The Kier molecular flexibility index (Phi) is 5.49. The van der Waals surface area contributed by atoms with E-state index in [0.717, 1.165) is 10.4 Å². The van der Waals surface area contributed by atoms with Crippen LogP contribution in [0, 0.1) is 0 Å². The van der Waals surface area contributed by atoms with Crippen molar-refractivity contribution in [2.24, 2.45) is 0 Å². The van der Waals surface area contributed by atoms with Crippen LogP contribution >= 0.6 is 0 Å². The molecule has 0 saturated carbocycles. The Labute approximate surface area is 118 Å². The fourth-order valence-corrected chi connectivity index (χ4v) is 2.78. The number of methoxy groups -OCH3 is 1. The Bertz CT molecular complexity index is 586. The zero-order valence-electron chi connectivity index (χ0n) is 11.6. The van der Waals surface area contributed by atoms with E-state index in [1.54, 1.807) is 7.05 Å². The van der Waals surface area contributed by atoms with Gasteiger partial charge in [-0.1, -0.05) is 0 Å². The first-order chi connectivity index (χ1) is 9.34. The monoisotopic (exact) mass is 302 g/mol. The van der Waals surface area contributed by atoms with E-state index < -0.39 is 16.0 Å². The van der Waals surface area contributed by atoms with Gasteiger partial charge in [-0.2, -0.15) is 4.31 Å². The molecule has 0 aromatic heterocycles. The molecule has 0 atom stereocenters. The second kappa shape index (κ2) is 6.69. The molecule has 0 spiro atoms. The lowest BCUT2D eigenvalue weighted by Crippen LogP contribution is -2.32. The maximum absolute atomic E-state index is 12.3. The van der Waals surface area contributed by atoms with Gasteiger partial charge in [0.05, 0.1) is 12.0 Å². The zero-order chi connectivity index (χ0) is 15.3. The van der Waals surface area contributed by atoms with E-state index in [0.29, 0.717) is 6.54 Å². The summed E-state index contributed by atoms with van der Waals surface area (Å²) in [7, 11) is 0.771. The zero-order valence-corrected chi connectivity index (χ0v) is 12.4. The lowest BCUT2D eigenvalue weighted by Gasteiger charge is -2.17. The van der Waals surface area contributed by atoms with Crippen LogP contribution in [0.1, 0.15) is 10.4 Å². The molecule has 8 heteroatoms. The number of carbonyl (C=O) groups is 1. The topological polar surface area (TPSA) is 95.9 Å². The van der Waals surface area contributed by atoms with Crippen LogP contribution < -0.4 is 10.1 Å². The number of ether oxygens (including phenoxy) is 1. The summed E-state index contributed by atoms with van der Waals surface area (Å²) < 4.78 is 30.6. The average Bonchev–Trinajstić information content (AvgIpc) is 2.43. The summed E-state index contributed by atoms with van der Waals surface area (Å²) in [5.74, 6) is -1.12. The van der Waals surface area contributed by atoms with Crippen LogP contribution in [0.3, 0.4) is 0 Å². The Balaban J connectivity index is 3.19. The summed E-state index contributed by atoms with van der Waals surface area (Å²) in [6.07, 6.45) is 0. The highest BCUT2D eigenvalue weighted by Gasteiger charge is 2.23. The molecule has 0 bridgehead atoms. The van der Waals surface area contributed by atoms with Crippen LogP contribution in [0.4, 0.5) is 0 Å². The number of hydrogen-bond donors (Lipinski definition) is 2. The normalized spacial score (nSPS) is 11.6. The van der Waals surface area contributed by atoms with Gasteiger partial charge in [0.15, 0.2) is 0 Å². The van der Waals surface area contributed by atoms with Crippen molar-refractivity contribution >= 4 is 16.0 Å². The molecule has 0 fully saturated rings. The van der Waals surface area contributed by atoms with Gasteiger partial charge in [-0.25, -0.2) is 13.2 Å². The molecule has 0 aliphatic rings. The number of carboxylic acids is 1. The molecule has 20 heavy (non-hydrogen) atoms. The Morgan fingerprint density at radius 1 is 1.45 bits per heavy atom. The van der Waals surface area contributed by atoms with Crippen molar-refractivity contribution in [2.45, 2.75) is 4.90 Å². The van der Waals surface area contributed by atoms with Gasteiger partial charge < -0.3 is 15.2 Å². The van der Waals surface area contributed by atoms with Gasteiger partial charge in [0.2, 0.25) is 10.0 Å². The molecular formula is C12H18N2O5S. The number of aromatic carboxylic acids is 1. The van der Waals surface area contributed by atoms with Gasteiger partial charge in [-0.05, 0) is 25.2 Å². The summed E-state index contributed by atoms with van der Waals surface area (Å²) in [4.78, 5) is 11.0. The highest BCUT2D eigenvalue weighted by Crippen LogP contribution is 2.24. The molecular weight excluding hydrogens is 284 g/mol. The van der Waals surface area contributed by atoms with E-state index in [-0.39, 0.29) is 22.8 Å². The highest BCUT2D eigenvalue weighted by molar-refractivity contribution is 7.89. The molecule has 0 unspecified atom stereocenters. The van der Waals surface area contributed by atoms with Gasteiger partial charge in [0.1, 0.15) is 11.3 Å². The first-order valence-corrected chi connectivity index (χ1v) is 7.31. The first kappa shape index (κ1) is 16.4. The molecule has 2 N–H and O–H groups in total. The second-order valence-corrected chi connectivity index (χ2v) is 6.14. The van der Waals surface area contributed by atoms with E-state index >= 15 is 0 Å². The number of carboxylic acid groups (broad SMARTS) is 1. The Hall–Kier alpha value is -1.64. The fourth-order valence-electron chi connectivity index (χ4n) is 1.58. The number of nitrogens with zero attached hydrogens (tertiary/aromatic N) is 1. The second-order valence-electron chi connectivity index (χ2n) is 4.10. The van der Waals surface area contributed by atoms with Crippen LogP contribution in [0.25, 0.3) is 0 Å². The summed E-state index contributed by atoms with van der Waals surface area (Å²) in [6, 6.07) is 3.77. The van der Waals surface area contributed by atoms with Crippen molar-refractivity contribution in [3.05, 3.63) is 23.8 Å². The third-order valence-electron chi connectivity index (χ3n) is 2.79. The minimum atomic E-state index is -3.72. The van der Waals surface area contributed by atoms with E-state index in [2.05, 4.69) is 5.32 Å². The Morgan fingerprint density at radius 2 is 2.10 bits per heavy atom. The van der Waals surface area contributed by atoms with Crippen molar-refractivity contribution in [2.75, 3.05) is 34.3 Å². The molecule has 0 heterocycles. The molecule has 0 saturated heterocycles. The highest BCUT2D eigenvalue weighted by atomic mass is 32.2. The van der Waals surface area contributed by atoms with Crippen LogP contribution in [0.15, 0.2) is 23.1 Å². The van der Waals surface area contributed by atoms with Gasteiger partial charge in [-0.3, -0.25) is 0 Å². The fraction of sp³-hybridized carbons (Fsp3) is 0.417. The molecule has 0 aliphatic heterocycles.